The third kappa shape index (κ3) is 3.87. The fourth-order valence-corrected chi connectivity index (χ4v) is 4.23. The Balaban J connectivity index is 1.72. The molecule has 0 aliphatic rings. The van der Waals surface area contributed by atoms with Crippen molar-refractivity contribution in [1.82, 2.24) is 10.3 Å². The second-order valence-corrected chi connectivity index (χ2v) is 7.92. The van der Waals surface area contributed by atoms with Crippen LogP contribution in [0.3, 0.4) is 0 Å². The van der Waals surface area contributed by atoms with Crippen molar-refractivity contribution >= 4 is 65.9 Å². The highest BCUT2D eigenvalue weighted by atomic mass is 79.9. The third-order valence-corrected chi connectivity index (χ3v) is 5.73. The molecule has 0 unspecified atom stereocenters. The van der Waals surface area contributed by atoms with Crippen molar-refractivity contribution in [3.05, 3.63) is 51.5 Å². The summed E-state index contributed by atoms with van der Waals surface area (Å²) in [6.07, 6.45) is 0. The summed E-state index contributed by atoms with van der Waals surface area (Å²) in [7, 11) is 1.57. The monoisotopic (exact) mass is 449 g/mol. The van der Waals surface area contributed by atoms with E-state index >= 15 is 0 Å². The molecule has 0 spiro atoms. The van der Waals surface area contributed by atoms with Gasteiger partial charge in [-0.15, -0.1) is 0 Å². The van der Waals surface area contributed by atoms with Gasteiger partial charge >= 0.3 is 0 Å². The van der Waals surface area contributed by atoms with E-state index in [1.54, 1.807) is 25.3 Å². The molecule has 134 valence electrons. The van der Waals surface area contributed by atoms with Crippen LogP contribution in [-0.4, -0.2) is 23.1 Å². The molecular formula is C18H16BrN3O2S2. The molecule has 0 saturated carbocycles. The zero-order valence-electron chi connectivity index (χ0n) is 14.3. The summed E-state index contributed by atoms with van der Waals surface area (Å²) in [5, 5.41) is 6.52. The van der Waals surface area contributed by atoms with Gasteiger partial charge in [0.05, 0.1) is 21.8 Å². The molecule has 8 heteroatoms. The topological polar surface area (TPSA) is 63.2 Å². The normalized spacial score (nSPS) is 10.6. The van der Waals surface area contributed by atoms with E-state index in [1.165, 1.54) is 11.3 Å². The Morgan fingerprint density at radius 2 is 1.96 bits per heavy atom. The molecule has 3 aromatic rings. The summed E-state index contributed by atoms with van der Waals surface area (Å²) in [6.45, 7) is 4.07. The van der Waals surface area contributed by atoms with Gasteiger partial charge in [-0.1, -0.05) is 23.5 Å². The van der Waals surface area contributed by atoms with Gasteiger partial charge in [0.2, 0.25) is 0 Å². The molecule has 0 bridgehead atoms. The molecule has 26 heavy (non-hydrogen) atoms. The Bertz CT molecular complexity index is 978. The molecule has 0 fully saturated rings. The van der Waals surface area contributed by atoms with Gasteiger partial charge in [-0.2, -0.15) is 0 Å². The quantitative estimate of drug-likeness (QED) is 0.561. The van der Waals surface area contributed by atoms with Crippen LogP contribution in [0.4, 0.5) is 5.13 Å². The molecule has 3 rings (SSSR count). The number of nitrogens with one attached hydrogen (secondary N) is 2. The van der Waals surface area contributed by atoms with Gasteiger partial charge in [0.1, 0.15) is 5.75 Å². The Labute approximate surface area is 168 Å². The fourth-order valence-electron chi connectivity index (χ4n) is 2.42. The summed E-state index contributed by atoms with van der Waals surface area (Å²) in [6, 6.07) is 9.19. The van der Waals surface area contributed by atoms with Crippen molar-refractivity contribution in [2.45, 2.75) is 13.8 Å². The lowest BCUT2D eigenvalue weighted by Crippen LogP contribution is -2.34. The first kappa shape index (κ1) is 18.8. The lowest BCUT2D eigenvalue weighted by molar-refractivity contribution is 0.0977. The van der Waals surface area contributed by atoms with Crippen LogP contribution < -0.4 is 15.4 Å². The maximum absolute atomic E-state index is 12.4. The van der Waals surface area contributed by atoms with E-state index in [-0.39, 0.29) is 11.0 Å². The summed E-state index contributed by atoms with van der Waals surface area (Å²) >= 11 is 10.1. The number of thiocarbonyl (C=S) groups is 1. The number of methoxy groups -OCH3 is 1. The predicted octanol–water partition coefficient (Wildman–Crippen LogP) is 4.81. The summed E-state index contributed by atoms with van der Waals surface area (Å²) < 4.78 is 6.97. The molecule has 0 atom stereocenters. The van der Waals surface area contributed by atoms with E-state index in [1.807, 2.05) is 19.9 Å². The zero-order valence-corrected chi connectivity index (χ0v) is 17.6. The van der Waals surface area contributed by atoms with E-state index < -0.39 is 0 Å². The van der Waals surface area contributed by atoms with Crippen LogP contribution in [-0.2, 0) is 0 Å². The van der Waals surface area contributed by atoms with E-state index in [9.17, 15) is 4.79 Å². The Morgan fingerprint density at radius 1 is 1.23 bits per heavy atom. The zero-order chi connectivity index (χ0) is 18.8. The van der Waals surface area contributed by atoms with Crippen molar-refractivity contribution in [3.8, 4) is 5.75 Å². The largest absolute Gasteiger partial charge is 0.496 e. The van der Waals surface area contributed by atoms with Crippen molar-refractivity contribution < 1.29 is 9.53 Å². The summed E-state index contributed by atoms with van der Waals surface area (Å²) in [4.78, 5) is 16.9. The number of hydrogen-bond donors (Lipinski definition) is 2. The van der Waals surface area contributed by atoms with E-state index in [0.29, 0.717) is 20.9 Å². The van der Waals surface area contributed by atoms with Crippen LogP contribution in [0, 0.1) is 13.8 Å². The molecule has 5 nitrogen and oxygen atoms in total. The Morgan fingerprint density at radius 3 is 2.62 bits per heavy atom. The van der Waals surface area contributed by atoms with Crippen molar-refractivity contribution in [2.75, 3.05) is 12.4 Å². The van der Waals surface area contributed by atoms with E-state index in [0.717, 1.165) is 21.3 Å². The molecule has 0 aliphatic carbocycles. The number of aromatic nitrogens is 1. The van der Waals surface area contributed by atoms with Crippen LogP contribution in [0.5, 0.6) is 5.75 Å². The minimum atomic E-state index is -0.306. The first-order valence-corrected chi connectivity index (χ1v) is 9.73. The maximum Gasteiger partial charge on any atom is 0.257 e. The van der Waals surface area contributed by atoms with Gasteiger partial charge in [0, 0.05) is 5.56 Å². The minimum Gasteiger partial charge on any atom is -0.496 e. The SMILES string of the molecule is COc1ccc(C(=O)NC(=S)Nc2nc3c(C)ccc(C)c3s2)cc1Br. The average molecular weight is 450 g/mol. The summed E-state index contributed by atoms with van der Waals surface area (Å²) in [5.41, 5.74) is 3.69. The highest BCUT2D eigenvalue weighted by Gasteiger charge is 2.13. The molecule has 0 saturated heterocycles. The van der Waals surface area contributed by atoms with Crippen LogP contribution in [0.1, 0.15) is 21.5 Å². The van der Waals surface area contributed by atoms with Crippen LogP contribution in [0.2, 0.25) is 0 Å². The van der Waals surface area contributed by atoms with Crippen molar-refractivity contribution in [1.29, 1.82) is 0 Å². The molecule has 0 aliphatic heterocycles. The number of fused-ring (bicyclic) bond motifs is 1. The smallest absolute Gasteiger partial charge is 0.257 e. The molecule has 1 heterocycles. The lowest BCUT2D eigenvalue weighted by atomic mass is 10.1. The standard InChI is InChI=1S/C18H16BrN3O2S2/c1-9-4-5-10(2)15-14(9)20-18(26-15)22-17(25)21-16(23)11-6-7-13(24-3)12(19)8-11/h4-8H,1-3H3,(H2,20,21,22,23,25). The van der Waals surface area contributed by atoms with Crippen LogP contribution in [0.15, 0.2) is 34.8 Å². The molecular weight excluding hydrogens is 434 g/mol. The van der Waals surface area contributed by atoms with Crippen molar-refractivity contribution in [3.63, 3.8) is 0 Å². The maximum atomic E-state index is 12.4. The summed E-state index contributed by atoms with van der Waals surface area (Å²) in [5.74, 6) is 0.349. The number of carbonyl (C=O) groups is 1. The number of thiazole rings is 1. The number of rotatable bonds is 3. The molecule has 0 radical (unpaired) electrons. The number of halogens is 1. The van der Waals surface area contributed by atoms with Gasteiger partial charge in [-0.3, -0.25) is 10.1 Å². The number of amides is 1. The number of hydrogen-bond acceptors (Lipinski definition) is 5. The minimum absolute atomic E-state index is 0.205. The van der Waals surface area contributed by atoms with Gasteiger partial charge in [0.25, 0.3) is 5.91 Å². The second-order valence-electron chi connectivity index (χ2n) is 5.65. The second kappa shape index (κ2) is 7.69. The number of nitrogens with zero attached hydrogens (tertiary/aromatic N) is 1. The van der Waals surface area contributed by atoms with Crippen LogP contribution in [0.25, 0.3) is 10.2 Å². The van der Waals surface area contributed by atoms with Gasteiger partial charge in [0.15, 0.2) is 10.2 Å². The first-order valence-electron chi connectivity index (χ1n) is 7.71. The highest BCUT2D eigenvalue weighted by Crippen LogP contribution is 2.31. The highest BCUT2D eigenvalue weighted by molar-refractivity contribution is 9.10. The fraction of sp³-hybridized carbons (Fsp3) is 0.167. The van der Waals surface area contributed by atoms with Gasteiger partial charge in [-0.05, 0) is 71.3 Å². The van der Waals surface area contributed by atoms with Gasteiger partial charge in [-0.25, -0.2) is 4.98 Å². The lowest BCUT2D eigenvalue weighted by Gasteiger charge is -2.09. The molecule has 1 aromatic heterocycles. The van der Waals surface area contributed by atoms with Crippen LogP contribution >= 0.6 is 39.5 Å². The number of ether oxygens (including phenoxy) is 1. The Kier molecular flexibility index (Phi) is 5.55. The Hall–Kier alpha value is -2.03. The van der Waals surface area contributed by atoms with Crippen molar-refractivity contribution in [2.24, 2.45) is 0 Å². The molecule has 1 amide bonds. The number of carbonyl (C=O) groups excluding carboxylic acids is 1. The average Bonchev–Trinajstić information content (AvgIpc) is 3.03. The number of anilines is 1. The van der Waals surface area contributed by atoms with Gasteiger partial charge < -0.3 is 10.1 Å². The van der Waals surface area contributed by atoms with E-state index in [2.05, 4.69) is 37.6 Å². The molecule has 2 aromatic carbocycles. The molecule has 2 N–H and O–H groups in total. The first-order chi connectivity index (χ1) is 12.4. The number of benzene rings is 2. The third-order valence-electron chi connectivity index (χ3n) is 3.80. The predicted molar refractivity (Wildman–Crippen MR) is 113 cm³/mol. The number of aryl methyl sites for hydroxylation is 2. The van der Waals surface area contributed by atoms with E-state index in [4.69, 9.17) is 17.0 Å².